The van der Waals surface area contributed by atoms with Crippen molar-refractivity contribution in [3.63, 3.8) is 0 Å². The molecule has 5 nitrogen and oxygen atoms in total. The molecular weight excluding hydrogens is 402 g/mol. The van der Waals surface area contributed by atoms with Crippen LogP contribution in [-0.4, -0.2) is 23.4 Å². The van der Waals surface area contributed by atoms with Crippen LogP contribution in [0.1, 0.15) is 19.4 Å². The predicted octanol–water partition coefficient (Wildman–Crippen LogP) is 6.45. The minimum atomic E-state index is -0.223. The van der Waals surface area contributed by atoms with Crippen molar-refractivity contribution < 1.29 is 19.7 Å². The molecule has 5 heteroatoms. The molecule has 4 aromatic carbocycles. The number of rotatable bonds is 4. The number of fused-ring (bicyclic) bond motifs is 5. The van der Waals surface area contributed by atoms with Gasteiger partial charge in [0.15, 0.2) is 11.5 Å². The first-order valence-corrected chi connectivity index (χ1v) is 10.7. The van der Waals surface area contributed by atoms with Crippen LogP contribution in [0, 0.1) is 0 Å². The van der Waals surface area contributed by atoms with E-state index in [-0.39, 0.29) is 29.1 Å². The molecule has 0 radical (unpaired) electrons. The largest absolute Gasteiger partial charge is 0.504 e. The highest BCUT2D eigenvalue weighted by atomic mass is 16.5. The van der Waals surface area contributed by atoms with Crippen molar-refractivity contribution >= 4 is 16.5 Å². The van der Waals surface area contributed by atoms with Crippen LogP contribution in [0.5, 0.6) is 28.7 Å². The maximum Gasteiger partial charge on any atom is 0.215 e. The summed E-state index contributed by atoms with van der Waals surface area (Å²) < 4.78 is 12.0. The van der Waals surface area contributed by atoms with Crippen LogP contribution in [0.4, 0.5) is 5.69 Å². The van der Waals surface area contributed by atoms with Crippen molar-refractivity contribution in [2.75, 3.05) is 11.9 Å². The van der Waals surface area contributed by atoms with E-state index >= 15 is 0 Å². The Bertz CT molecular complexity index is 1310. The van der Waals surface area contributed by atoms with Crippen LogP contribution in [-0.2, 0) is 6.54 Å². The van der Waals surface area contributed by atoms with E-state index in [1.165, 1.54) is 0 Å². The Labute approximate surface area is 187 Å². The van der Waals surface area contributed by atoms with Crippen molar-refractivity contribution in [3.05, 3.63) is 72.3 Å². The smallest absolute Gasteiger partial charge is 0.215 e. The predicted molar refractivity (Wildman–Crippen MR) is 127 cm³/mol. The molecule has 162 valence electrons. The van der Waals surface area contributed by atoms with Gasteiger partial charge >= 0.3 is 0 Å². The number of hydrogen-bond acceptors (Lipinski definition) is 5. The first-order valence-electron chi connectivity index (χ1n) is 10.7. The highest BCUT2D eigenvalue weighted by Crippen LogP contribution is 2.57. The zero-order valence-corrected chi connectivity index (χ0v) is 18.3. The Morgan fingerprint density at radius 2 is 1.56 bits per heavy atom. The van der Waals surface area contributed by atoms with E-state index in [0.717, 1.165) is 22.0 Å². The van der Waals surface area contributed by atoms with Gasteiger partial charge in [-0.25, -0.2) is 0 Å². The molecule has 0 bridgehead atoms. The fraction of sp³-hybridized carbons (Fsp3) is 0.185. The van der Waals surface area contributed by atoms with Crippen LogP contribution in [0.2, 0.25) is 0 Å². The zero-order chi connectivity index (χ0) is 22.4. The van der Waals surface area contributed by atoms with E-state index in [1.807, 2.05) is 63.4 Å². The van der Waals surface area contributed by atoms with E-state index < -0.39 is 0 Å². The van der Waals surface area contributed by atoms with Crippen molar-refractivity contribution in [3.8, 4) is 39.9 Å². The molecule has 0 amide bonds. The number of ether oxygens (including phenoxy) is 2. The van der Waals surface area contributed by atoms with Gasteiger partial charge in [0.1, 0.15) is 5.75 Å². The topological polar surface area (TPSA) is 62.2 Å². The third-order valence-electron chi connectivity index (χ3n) is 5.72. The summed E-state index contributed by atoms with van der Waals surface area (Å²) >= 11 is 0. The van der Waals surface area contributed by atoms with Crippen molar-refractivity contribution in [2.45, 2.75) is 26.5 Å². The number of phenols is 2. The fourth-order valence-electron chi connectivity index (χ4n) is 4.40. The second kappa shape index (κ2) is 7.68. The van der Waals surface area contributed by atoms with E-state index in [4.69, 9.17) is 9.47 Å². The number of phenolic OH excluding ortho intramolecular Hbond substituents is 2. The van der Waals surface area contributed by atoms with Gasteiger partial charge in [0, 0.05) is 35.7 Å². The molecule has 32 heavy (non-hydrogen) atoms. The molecule has 0 aromatic heterocycles. The Morgan fingerprint density at radius 3 is 2.31 bits per heavy atom. The molecule has 0 fully saturated rings. The quantitative estimate of drug-likeness (QED) is 0.367. The van der Waals surface area contributed by atoms with Crippen molar-refractivity contribution in [1.82, 2.24) is 0 Å². The summed E-state index contributed by atoms with van der Waals surface area (Å²) in [5.74, 6) is 0.763. The van der Waals surface area contributed by atoms with E-state index in [2.05, 4.69) is 17.0 Å². The van der Waals surface area contributed by atoms with Gasteiger partial charge in [0.05, 0.1) is 11.8 Å². The first-order chi connectivity index (χ1) is 15.5. The Morgan fingerprint density at radius 1 is 0.844 bits per heavy atom. The van der Waals surface area contributed by atoms with Gasteiger partial charge in [0.2, 0.25) is 11.5 Å². The van der Waals surface area contributed by atoms with Crippen LogP contribution < -0.4 is 14.4 Å². The number of nitrogens with zero attached hydrogens (tertiary/aromatic N) is 1. The summed E-state index contributed by atoms with van der Waals surface area (Å²) in [6.45, 7) is 4.16. The summed E-state index contributed by atoms with van der Waals surface area (Å²) in [6, 6.07) is 21.4. The fourth-order valence-corrected chi connectivity index (χ4v) is 4.40. The molecule has 1 aliphatic rings. The molecule has 0 saturated carbocycles. The lowest BCUT2D eigenvalue weighted by atomic mass is 9.89. The standard InChI is InChI=1S/C27H25NO4/c1-16(2)31-27-25(30)22-20-14-13-17-9-7-8-12-19(17)23(20)28(3)15-21(22)24(29)26(27)32-18-10-5-4-6-11-18/h4-14,16,29-30H,15H2,1-3H3. The van der Waals surface area contributed by atoms with E-state index in [9.17, 15) is 10.2 Å². The molecule has 1 heterocycles. The second-order valence-corrected chi connectivity index (χ2v) is 8.33. The third kappa shape index (κ3) is 3.17. The molecule has 0 aliphatic carbocycles. The molecule has 5 rings (SSSR count). The lowest BCUT2D eigenvalue weighted by Crippen LogP contribution is -2.22. The van der Waals surface area contributed by atoms with E-state index in [1.54, 1.807) is 12.1 Å². The van der Waals surface area contributed by atoms with Crippen LogP contribution >= 0.6 is 0 Å². The number of anilines is 1. The molecule has 2 N–H and O–H groups in total. The number of aromatic hydroxyl groups is 2. The molecular formula is C27H25NO4. The molecule has 4 aromatic rings. The first kappa shape index (κ1) is 20.1. The monoisotopic (exact) mass is 427 g/mol. The van der Waals surface area contributed by atoms with Gasteiger partial charge in [-0.15, -0.1) is 0 Å². The molecule has 0 unspecified atom stereocenters. The molecule has 1 aliphatic heterocycles. The van der Waals surface area contributed by atoms with Gasteiger partial charge in [0.25, 0.3) is 0 Å². The third-order valence-corrected chi connectivity index (χ3v) is 5.72. The second-order valence-electron chi connectivity index (χ2n) is 8.33. The number of hydrogen-bond donors (Lipinski definition) is 2. The Hall–Kier alpha value is -3.86. The van der Waals surface area contributed by atoms with Gasteiger partial charge in [-0.3, -0.25) is 0 Å². The lowest BCUT2D eigenvalue weighted by Gasteiger charge is -2.33. The molecule has 0 saturated heterocycles. The summed E-state index contributed by atoms with van der Waals surface area (Å²) in [5, 5.41) is 25.0. The molecule has 0 atom stereocenters. The van der Waals surface area contributed by atoms with Crippen LogP contribution in [0.3, 0.4) is 0 Å². The normalized spacial score (nSPS) is 12.6. The van der Waals surface area contributed by atoms with Crippen LogP contribution in [0.15, 0.2) is 66.7 Å². The SMILES string of the molecule is CC(C)Oc1c(O)c2c(c(O)c1Oc1ccccc1)CN(C)c1c-2ccc2ccccc12. The van der Waals surface area contributed by atoms with Crippen LogP contribution in [0.25, 0.3) is 21.9 Å². The van der Waals surface area contributed by atoms with Gasteiger partial charge in [-0.2, -0.15) is 0 Å². The van der Waals surface area contributed by atoms with Crippen molar-refractivity contribution in [2.24, 2.45) is 0 Å². The Balaban J connectivity index is 1.78. The number of para-hydroxylation sites is 1. The van der Waals surface area contributed by atoms with Gasteiger partial charge in [-0.1, -0.05) is 54.6 Å². The Kier molecular flexibility index (Phi) is 4.82. The van der Waals surface area contributed by atoms with E-state index in [0.29, 0.717) is 23.4 Å². The number of benzene rings is 4. The van der Waals surface area contributed by atoms with Crippen molar-refractivity contribution in [1.29, 1.82) is 0 Å². The lowest BCUT2D eigenvalue weighted by molar-refractivity contribution is 0.220. The average molecular weight is 428 g/mol. The highest BCUT2D eigenvalue weighted by Gasteiger charge is 2.33. The summed E-state index contributed by atoms with van der Waals surface area (Å²) in [4.78, 5) is 2.09. The summed E-state index contributed by atoms with van der Waals surface area (Å²) in [6.07, 6.45) is -0.223. The summed E-state index contributed by atoms with van der Waals surface area (Å²) in [5.41, 5.74) is 3.05. The molecule has 0 spiro atoms. The zero-order valence-electron chi connectivity index (χ0n) is 18.3. The maximum absolute atomic E-state index is 11.4. The minimum absolute atomic E-state index is 0.0250. The average Bonchev–Trinajstić information content (AvgIpc) is 2.79. The van der Waals surface area contributed by atoms with Gasteiger partial charge in [-0.05, 0) is 31.4 Å². The maximum atomic E-state index is 11.4. The summed E-state index contributed by atoms with van der Waals surface area (Å²) in [7, 11) is 1.99. The minimum Gasteiger partial charge on any atom is -0.504 e. The van der Waals surface area contributed by atoms with Gasteiger partial charge < -0.3 is 24.6 Å². The highest BCUT2D eigenvalue weighted by molar-refractivity contribution is 6.05.